The van der Waals surface area contributed by atoms with Gasteiger partial charge in [-0.05, 0) is 42.5 Å². The lowest BCUT2D eigenvalue weighted by Gasteiger charge is -2.09. The van der Waals surface area contributed by atoms with Crippen molar-refractivity contribution in [3.63, 3.8) is 0 Å². The second kappa shape index (κ2) is 8.25. The maximum atomic E-state index is 5.61. The molecule has 0 aromatic heterocycles. The summed E-state index contributed by atoms with van der Waals surface area (Å²) in [5, 5.41) is 0. The van der Waals surface area contributed by atoms with E-state index in [2.05, 4.69) is 6.92 Å². The molecule has 0 spiro atoms. The van der Waals surface area contributed by atoms with Crippen molar-refractivity contribution in [2.75, 3.05) is 31.8 Å². The first kappa shape index (κ1) is 14.2. The highest BCUT2D eigenvalue weighted by atomic mass is 32.2. The van der Waals surface area contributed by atoms with Gasteiger partial charge in [0, 0.05) is 5.75 Å². The van der Waals surface area contributed by atoms with E-state index in [4.69, 9.17) is 15.2 Å². The van der Waals surface area contributed by atoms with Crippen molar-refractivity contribution < 1.29 is 9.47 Å². The molecule has 96 valence electrons. The lowest BCUT2D eigenvalue weighted by atomic mass is 10.2. The van der Waals surface area contributed by atoms with Gasteiger partial charge in [0.05, 0.1) is 13.7 Å². The highest BCUT2D eigenvalue weighted by molar-refractivity contribution is 7.99. The van der Waals surface area contributed by atoms with Crippen LogP contribution in [0.4, 0.5) is 0 Å². The number of rotatable bonds is 8. The third kappa shape index (κ3) is 5.84. The summed E-state index contributed by atoms with van der Waals surface area (Å²) in [7, 11) is 1.66. The summed E-state index contributed by atoms with van der Waals surface area (Å²) in [6, 6.07) is 7.65. The van der Waals surface area contributed by atoms with E-state index in [1.54, 1.807) is 7.11 Å². The van der Waals surface area contributed by atoms with Gasteiger partial charge in [-0.15, -0.1) is 0 Å². The van der Waals surface area contributed by atoms with E-state index in [-0.39, 0.29) is 0 Å². The number of nitrogens with two attached hydrogens (primary N) is 1. The van der Waals surface area contributed by atoms with Crippen LogP contribution in [0.1, 0.15) is 6.92 Å². The van der Waals surface area contributed by atoms with Crippen LogP contribution in [0, 0.1) is 5.92 Å². The van der Waals surface area contributed by atoms with E-state index in [9.17, 15) is 0 Å². The minimum Gasteiger partial charge on any atom is -0.497 e. The van der Waals surface area contributed by atoms with Gasteiger partial charge in [-0.3, -0.25) is 0 Å². The fraction of sp³-hybridized carbons (Fsp3) is 0.538. The molecule has 1 aromatic rings. The molecule has 0 aliphatic rings. The summed E-state index contributed by atoms with van der Waals surface area (Å²) in [6.07, 6.45) is 0. The molecule has 0 heterocycles. The van der Waals surface area contributed by atoms with Crippen molar-refractivity contribution >= 4 is 11.8 Å². The molecule has 2 N–H and O–H groups in total. The van der Waals surface area contributed by atoms with Gasteiger partial charge < -0.3 is 15.2 Å². The summed E-state index contributed by atoms with van der Waals surface area (Å²) in [5.41, 5.74) is 5.55. The van der Waals surface area contributed by atoms with E-state index in [0.29, 0.717) is 5.92 Å². The monoisotopic (exact) mass is 255 g/mol. The van der Waals surface area contributed by atoms with Gasteiger partial charge in [-0.25, -0.2) is 0 Å². The maximum Gasteiger partial charge on any atom is 0.119 e. The van der Waals surface area contributed by atoms with Crippen molar-refractivity contribution in [3.05, 3.63) is 24.3 Å². The van der Waals surface area contributed by atoms with Crippen LogP contribution in [-0.4, -0.2) is 31.8 Å². The van der Waals surface area contributed by atoms with Gasteiger partial charge in [0.15, 0.2) is 0 Å². The quantitative estimate of drug-likeness (QED) is 0.725. The standard InChI is InChI=1S/C13H21NO2S/c1-11(9-14)10-17-8-7-16-13-5-3-12(15-2)4-6-13/h3-6,11H,7-10,14H2,1-2H3. The average molecular weight is 255 g/mol. The molecule has 17 heavy (non-hydrogen) atoms. The van der Waals surface area contributed by atoms with Gasteiger partial charge >= 0.3 is 0 Å². The predicted molar refractivity (Wildman–Crippen MR) is 74.0 cm³/mol. The van der Waals surface area contributed by atoms with Crippen molar-refractivity contribution in [3.8, 4) is 11.5 Å². The molecular formula is C13H21NO2S. The Bertz CT molecular complexity index is 303. The largest absolute Gasteiger partial charge is 0.497 e. The average Bonchev–Trinajstić information content (AvgIpc) is 2.38. The van der Waals surface area contributed by atoms with E-state index in [0.717, 1.165) is 36.2 Å². The predicted octanol–water partition coefficient (Wildman–Crippen LogP) is 2.40. The molecule has 0 bridgehead atoms. The van der Waals surface area contributed by atoms with Crippen molar-refractivity contribution in [1.82, 2.24) is 0 Å². The summed E-state index contributed by atoms with van der Waals surface area (Å²) in [4.78, 5) is 0. The zero-order valence-corrected chi connectivity index (χ0v) is 11.3. The normalized spacial score (nSPS) is 12.2. The summed E-state index contributed by atoms with van der Waals surface area (Å²) in [5.74, 6) is 4.42. The summed E-state index contributed by atoms with van der Waals surface area (Å²) in [6.45, 7) is 3.65. The van der Waals surface area contributed by atoms with Crippen LogP contribution in [-0.2, 0) is 0 Å². The van der Waals surface area contributed by atoms with Gasteiger partial charge in [-0.1, -0.05) is 6.92 Å². The van der Waals surface area contributed by atoms with Crippen LogP contribution in [0.5, 0.6) is 11.5 Å². The first-order valence-corrected chi connectivity index (χ1v) is 6.96. The molecule has 0 aliphatic heterocycles. The zero-order chi connectivity index (χ0) is 12.5. The maximum absolute atomic E-state index is 5.61. The molecule has 4 heteroatoms. The lowest BCUT2D eigenvalue weighted by Crippen LogP contribution is -2.13. The number of methoxy groups -OCH3 is 1. The molecule has 0 fully saturated rings. The fourth-order valence-electron chi connectivity index (χ4n) is 1.24. The fourth-order valence-corrected chi connectivity index (χ4v) is 2.15. The third-order valence-corrected chi connectivity index (χ3v) is 3.62. The zero-order valence-electron chi connectivity index (χ0n) is 10.5. The van der Waals surface area contributed by atoms with Gasteiger partial charge in [0.1, 0.15) is 11.5 Å². The number of thioether (sulfide) groups is 1. The smallest absolute Gasteiger partial charge is 0.119 e. The molecule has 0 amide bonds. The molecule has 1 unspecified atom stereocenters. The first-order valence-electron chi connectivity index (χ1n) is 5.81. The van der Waals surface area contributed by atoms with Crippen LogP contribution >= 0.6 is 11.8 Å². The molecule has 0 radical (unpaired) electrons. The Labute approximate surface area is 108 Å². The van der Waals surface area contributed by atoms with E-state index in [1.807, 2.05) is 36.0 Å². The van der Waals surface area contributed by atoms with Crippen LogP contribution in [0.3, 0.4) is 0 Å². The number of ether oxygens (including phenoxy) is 2. The SMILES string of the molecule is COc1ccc(OCCSCC(C)CN)cc1. The highest BCUT2D eigenvalue weighted by Crippen LogP contribution is 2.17. The molecule has 0 saturated carbocycles. The van der Waals surface area contributed by atoms with Crippen LogP contribution in [0.15, 0.2) is 24.3 Å². The molecule has 1 rings (SSSR count). The van der Waals surface area contributed by atoms with Gasteiger partial charge in [0.25, 0.3) is 0 Å². The lowest BCUT2D eigenvalue weighted by molar-refractivity contribution is 0.342. The highest BCUT2D eigenvalue weighted by Gasteiger charge is 1.99. The molecule has 0 saturated heterocycles. The van der Waals surface area contributed by atoms with Gasteiger partial charge in [-0.2, -0.15) is 11.8 Å². The van der Waals surface area contributed by atoms with Gasteiger partial charge in [0.2, 0.25) is 0 Å². The van der Waals surface area contributed by atoms with Crippen molar-refractivity contribution in [2.45, 2.75) is 6.92 Å². The first-order chi connectivity index (χ1) is 8.26. The Morgan fingerprint density at radius 1 is 1.24 bits per heavy atom. The molecule has 1 aromatic carbocycles. The Morgan fingerprint density at radius 2 is 1.88 bits per heavy atom. The minimum absolute atomic E-state index is 0.584. The van der Waals surface area contributed by atoms with E-state index >= 15 is 0 Å². The molecular weight excluding hydrogens is 234 g/mol. The van der Waals surface area contributed by atoms with Crippen LogP contribution in [0.25, 0.3) is 0 Å². The third-order valence-electron chi connectivity index (χ3n) is 2.36. The van der Waals surface area contributed by atoms with E-state index in [1.165, 1.54) is 0 Å². The Morgan fingerprint density at radius 3 is 2.47 bits per heavy atom. The Balaban J connectivity index is 2.13. The van der Waals surface area contributed by atoms with Crippen LogP contribution in [0.2, 0.25) is 0 Å². The molecule has 1 atom stereocenters. The topological polar surface area (TPSA) is 44.5 Å². The second-order valence-electron chi connectivity index (χ2n) is 3.94. The number of benzene rings is 1. The summed E-state index contributed by atoms with van der Waals surface area (Å²) < 4.78 is 10.7. The number of hydrogen-bond acceptors (Lipinski definition) is 4. The number of hydrogen-bond donors (Lipinski definition) is 1. The molecule has 3 nitrogen and oxygen atoms in total. The van der Waals surface area contributed by atoms with Crippen molar-refractivity contribution in [1.29, 1.82) is 0 Å². The minimum atomic E-state index is 0.584. The Hall–Kier alpha value is -0.870. The summed E-state index contributed by atoms with van der Waals surface area (Å²) >= 11 is 1.88. The second-order valence-corrected chi connectivity index (χ2v) is 5.09. The van der Waals surface area contributed by atoms with E-state index < -0.39 is 0 Å². The van der Waals surface area contributed by atoms with Crippen molar-refractivity contribution in [2.24, 2.45) is 11.7 Å². The molecule has 0 aliphatic carbocycles. The Kier molecular flexibility index (Phi) is 6.89. The van der Waals surface area contributed by atoms with Crippen LogP contribution < -0.4 is 15.2 Å².